The van der Waals surface area contributed by atoms with E-state index in [4.69, 9.17) is 32.7 Å². The molecular weight excluding hydrogens is 327 g/mol. The van der Waals surface area contributed by atoms with Crippen molar-refractivity contribution in [2.45, 2.75) is 6.92 Å². The summed E-state index contributed by atoms with van der Waals surface area (Å²) in [6.07, 6.45) is 0.523. The molecule has 4 nitrogen and oxygen atoms in total. The van der Waals surface area contributed by atoms with Crippen molar-refractivity contribution in [3.63, 3.8) is 0 Å². The summed E-state index contributed by atoms with van der Waals surface area (Å²) in [5.74, 6) is -0.304. The van der Waals surface area contributed by atoms with Crippen LogP contribution in [0, 0.1) is 0 Å². The number of esters is 1. The quantitative estimate of drug-likeness (QED) is 0.460. The number of ether oxygens (including phenoxy) is 2. The van der Waals surface area contributed by atoms with E-state index < -0.39 is 5.97 Å². The van der Waals surface area contributed by atoms with E-state index in [1.807, 2.05) is 6.92 Å². The molecule has 0 aliphatic rings. The number of hydrogen-bond acceptors (Lipinski definition) is 4. The third-order valence-corrected chi connectivity index (χ3v) is 3.26. The van der Waals surface area contributed by atoms with Gasteiger partial charge in [-0.1, -0.05) is 35.3 Å². The number of carbonyl (C=O) groups excluding carboxylic acids is 2. The van der Waals surface area contributed by atoms with Gasteiger partial charge in [0.05, 0.1) is 17.2 Å². The van der Waals surface area contributed by atoms with Crippen LogP contribution in [0.3, 0.4) is 0 Å². The van der Waals surface area contributed by atoms with Gasteiger partial charge in [-0.3, -0.25) is 4.79 Å². The first-order chi connectivity index (χ1) is 10.6. The first-order valence-electron chi connectivity index (χ1n) is 6.45. The molecule has 2 aromatic rings. The second-order valence-corrected chi connectivity index (χ2v) is 5.09. The largest absolute Gasteiger partial charge is 0.493 e. The van der Waals surface area contributed by atoms with Crippen LogP contribution < -0.4 is 9.47 Å². The summed E-state index contributed by atoms with van der Waals surface area (Å²) in [5, 5.41) is 0.360. The Morgan fingerprint density at radius 1 is 1.23 bits per heavy atom. The molecular formula is C16H12Cl2O4. The van der Waals surface area contributed by atoms with Gasteiger partial charge in [0.15, 0.2) is 12.0 Å². The summed E-state index contributed by atoms with van der Waals surface area (Å²) >= 11 is 11.8. The molecule has 0 heterocycles. The van der Waals surface area contributed by atoms with Crippen LogP contribution in [0.5, 0.6) is 11.5 Å². The number of benzene rings is 2. The third-order valence-electron chi connectivity index (χ3n) is 2.77. The molecule has 0 saturated heterocycles. The van der Waals surface area contributed by atoms with E-state index in [1.54, 1.807) is 24.3 Å². The molecule has 2 aromatic carbocycles. The number of para-hydroxylation sites is 1. The first-order valence-corrected chi connectivity index (χ1v) is 7.20. The highest BCUT2D eigenvalue weighted by Crippen LogP contribution is 2.32. The number of halogens is 2. The SMILES string of the molecule is CCOc1ccccc1C(=O)Oc1c(Cl)cc(Cl)cc1C=O. The highest BCUT2D eigenvalue weighted by atomic mass is 35.5. The number of aldehydes is 1. The molecule has 0 saturated carbocycles. The van der Waals surface area contributed by atoms with Crippen molar-refractivity contribution in [2.75, 3.05) is 6.61 Å². The summed E-state index contributed by atoms with van der Waals surface area (Å²) < 4.78 is 10.6. The zero-order chi connectivity index (χ0) is 16.1. The van der Waals surface area contributed by atoms with E-state index in [2.05, 4.69) is 0 Å². The van der Waals surface area contributed by atoms with Gasteiger partial charge < -0.3 is 9.47 Å². The van der Waals surface area contributed by atoms with Crippen molar-refractivity contribution in [3.05, 3.63) is 57.6 Å². The lowest BCUT2D eigenvalue weighted by molar-refractivity contribution is 0.0729. The Morgan fingerprint density at radius 2 is 1.95 bits per heavy atom. The van der Waals surface area contributed by atoms with Crippen LogP contribution in [0.4, 0.5) is 0 Å². The summed E-state index contributed by atoms with van der Waals surface area (Å²) in [7, 11) is 0. The van der Waals surface area contributed by atoms with Crippen LogP contribution in [0.25, 0.3) is 0 Å². The molecule has 0 aliphatic heterocycles. The third kappa shape index (κ3) is 3.59. The lowest BCUT2D eigenvalue weighted by Gasteiger charge is -2.12. The van der Waals surface area contributed by atoms with Crippen molar-refractivity contribution < 1.29 is 19.1 Å². The standard InChI is InChI=1S/C16H12Cl2O4/c1-2-21-14-6-4-3-5-12(14)16(20)22-15-10(9-19)7-11(17)8-13(15)18/h3-9H,2H2,1H3. The van der Waals surface area contributed by atoms with Gasteiger partial charge >= 0.3 is 5.97 Å². The molecule has 6 heteroatoms. The fourth-order valence-corrected chi connectivity index (χ4v) is 2.39. The summed E-state index contributed by atoms with van der Waals surface area (Å²) in [6.45, 7) is 2.22. The molecule has 2 rings (SSSR count). The fraction of sp³-hybridized carbons (Fsp3) is 0.125. The highest BCUT2D eigenvalue weighted by molar-refractivity contribution is 6.36. The Hall–Kier alpha value is -2.04. The zero-order valence-corrected chi connectivity index (χ0v) is 13.1. The Balaban J connectivity index is 2.36. The van der Waals surface area contributed by atoms with Gasteiger partial charge in [-0.05, 0) is 31.2 Å². The maximum Gasteiger partial charge on any atom is 0.347 e. The molecule has 0 amide bonds. The first kappa shape index (κ1) is 16.3. The molecule has 0 aliphatic carbocycles. The van der Waals surface area contributed by atoms with Gasteiger partial charge in [0, 0.05) is 5.02 Å². The minimum absolute atomic E-state index is 0.0302. The van der Waals surface area contributed by atoms with Crippen LogP contribution in [-0.4, -0.2) is 18.9 Å². The average Bonchev–Trinajstić information content (AvgIpc) is 2.50. The normalized spacial score (nSPS) is 10.1. The van der Waals surface area contributed by atoms with Crippen LogP contribution in [-0.2, 0) is 0 Å². The van der Waals surface area contributed by atoms with Crippen LogP contribution >= 0.6 is 23.2 Å². The van der Waals surface area contributed by atoms with E-state index in [0.717, 1.165) is 0 Å². The van der Waals surface area contributed by atoms with Crippen LogP contribution in [0.2, 0.25) is 10.0 Å². The molecule has 0 bridgehead atoms. The molecule has 0 fully saturated rings. The molecule has 0 spiro atoms. The molecule has 114 valence electrons. The molecule has 0 unspecified atom stereocenters. The fourth-order valence-electron chi connectivity index (χ4n) is 1.84. The smallest absolute Gasteiger partial charge is 0.347 e. The van der Waals surface area contributed by atoms with Gasteiger partial charge in [-0.15, -0.1) is 0 Å². The van der Waals surface area contributed by atoms with Crippen LogP contribution in [0.15, 0.2) is 36.4 Å². The van der Waals surface area contributed by atoms with Gasteiger partial charge in [-0.25, -0.2) is 4.79 Å². The monoisotopic (exact) mass is 338 g/mol. The van der Waals surface area contributed by atoms with Crippen molar-refractivity contribution in [1.29, 1.82) is 0 Å². The van der Waals surface area contributed by atoms with Crippen molar-refractivity contribution >= 4 is 35.5 Å². The molecule has 0 aromatic heterocycles. The average molecular weight is 339 g/mol. The Kier molecular flexibility index (Phi) is 5.41. The van der Waals surface area contributed by atoms with Gasteiger partial charge in [0.25, 0.3) is 0 Å². The summed E-state index contributed by atoms with van der Waals surface area (Å²) in [6, 6.07) is 9.42. The minimum atomic E-state index is -0.670. The summed E-state index contributed by atoms with van der Waals surface area (Å²) in [5.41, 5.74) is 0.340. The molecule has 0 N–H and O–H groups in total. The number of hydrogen-bond donors (Lipinski definition) is 0. The van der Waals surface area contributed by atoms with Gasteiger partial charge in [0.2, 0.25) is 0 Å². The Labute approximate surface area is 137 Å². The number of carbonyl (C=O) groups is 2. The van der Waals surface area contributed by atoms with Crippen molar-refractivity contribution in [2.24, 2.45) is 0 Å². The van der Waals surface area contributed by atoms with Crippen LogP contribution in [0.1, 0.15) is 27.6 Å². The molecule has 0 radical (unpaired) electrons. The van der Waals surface area contributed by atoms with Gasteiger partial charge in [-0.2, -0.15) is 0 Å². The van der Waals surface area contributed by atoms with E-state index >= 15 is 0 Å². The van der Waals surface area contributed by atoms with Crippen molar-refractivity contribution in [3.8, 4) is 11.5 Å². The zero-order valence-electron chi connectivity index (χ0n) is 11.6. The second kappa shape index (κ2) is 7.29. The Morgan fingerprint density at radius 3 is 2.64 bits per heavy atom. The van der Waals surface area contributed by atoms with Crippen molar-refractivity contribution in [1.82, 2.24) is 0 Å². The van der Waals surface area contributed by atoms with E-state index in [1.165, 1.54) is 12.1 Å². The maximum absolute atomic E-state index is 12.3. The summed E-state index contributed by atoms with van der Waals surface area (Å²) in [4.78, 5) is 23.4. The predicted molar refractivity (Wildman–Crippen MR) is 84.4 cm³/mol. The number of rotatable bonds is 5. The topological polar surface area (TPSA) is 52.6 Å². The highest BCUT2D eigenvalue weighted by Gasteiger charge is 2.18. The van der Waals surface area contributed by atoms with E-state index in [0.29, 0.717) is 18.6 Å². The van der Waals surface area contributed by atoms with Gasteiger partial charge in [0.1, 0.15) is 11.3 Å². The second-order valence-electron chi connectivity index (χ2n) is 4.24. The van der Waals surface area contributed by atoms with E-state index in [-0.39, 0.29) is 26.9 Å². The van der Waals surface area contributed by atoms with E-state index in [9.17, 15) is 9.59 Å². The Bertz CT molecular complexity index is 713. The molecule has 22 heavy (non-hydrogen) atoms. The minimum Gasteiger partial charge on any atom is -0.493 e. The molecule has 0 atom stereocenters. The predicted octanol–water partition coefficient (Wildman–Crippen LogP) is 4.42. The maximum atomic E-state index is 12.3. The lowest BCUT2D eigenvalue weighted by Crippen LogP contribution is -2.12. The lowest BCUT2D eigenvalue weighted by atomic mass is 10.2.